The molecule has 5 rings (SSSR count). The third kappa shape index (κ3) is 5.59. The lowest BCUT2D eigenvalue weighted by Gasteiger charge is -2.35. The number of pyridine rings is 1. The van der Waals surface area contributed by atoms with Crippen molar-refractivity contribution in [1.82, 2.24) is 25.0 Å². The highest BCUT2D eigenvalue weighted by molar-refractivity contribution is 6.07. The third-order valence-electron chi connectivity index (χ3n) is 6.54. The monoisotopic (exact) mass is 545 g/mol. The number of hydrogen-bond donors (Lipinski definition) is 1. The Kier molecular flexibility index (Phi) is 7.40. The van der Waals surface area contributed by atoms with E-state index in [0.717, 1.165) is 5.56 Å². The van der Waals surface area contributed by atoms with E-state index in [1.807, 2.05) is 51.1 Å². The number of fused-ring (bicyclic) bond motifs is 3. The van der Waals surface area contributed by atoms with Crippen LogP contribution in [0.15, 0.2) is 53.3 Å². The number of para-hydroxylation sites is 1. The first-order valence-corrected chi connectivity index (χ1v) is 13.0. The van der Waals surface area contributed by atoms with Crippen LogP contribution in [-0.2, 0) is 9.47 Å². The van der Waals surface area contributed by atoms with E-state index in [9.17, 15) is 14.4 Å². The number of carbonyl (C=O) groups is 2. The molecule has 4 aromatic rings. The predicted molar refractivity (Wildman–Crippen MR) is 149 cm³/mol. The third-order valence-corrected chi connectivity index (χ3v) is 6.54. The van der Waals surface area contributed by atoms with Crippen LogP contribution in [0.1, 0.15) is 31.1 Å². The van der Waals surface area contributed by atoms with Gasteiger partial charge in [0.25, 0.3) is 11.5 Å². The molecule has 3 heterocycles. The van der Waals surface area contributed by atoms with Crippen LogP contribution in [0.5, 0.6) is 5.75 Å². The number of hydrogen-bond acceptors (Lipinski definition) is 8. The molecule has 11 heteroatoms. The van der Waals surface area contributed by atoms with E-state index in [2.05, 4.69) is 15.2 Å². The van der Waals surface area contributed by atoms with Crippen molar-refractivity contribution >= 4 is 33.8 Å². The van der Waals surface area contributed by atoms with E-state index in [-0.39, 0.29) is 24.4 Å². The maximum absolute atomic E-state index is 13.3. The van der Waals surface area contributed by atoms with Gasteiger partial charge in [-0.1, -0.05) is 18.2 Å². The molecule has 1 N–H and O–H groups in total. The summed E-state index contributed by atoms with van der Waals surface area (Å²) in [6.45, 7) is 7.02. The van der Waals surface area contributed by atoms with Crippen molar-refractivity contribution in [1.29, 1.82) is 0 Å². The van der Waals surface area contributed by atoms with Crippen LogP contribution < -0.4 is 10.3 Å². The van der Waals surface area contributed by atoms with Crippen molar-refractivity contribution in [3.63, 3.8) is 0 Å². The van der Waals surface area contributed by atoms with Gasteiger partial charge in [0.05, 0.1) is 5.69 Å². The second-order valence-corrected chi connectivity index (χ2v) is 10.5. The number of piperazine rings is 1. The van der Waals surface area contributed by atoms with Crippen molar-refractivity contribution in [2.24, 2.45) is 0 Å². The number of aromatic amines is 1. The average molecular weight is 546 g/mol. The number of H-pyrrole nitrogens is 1. The normalized spacial score (nSPS) is 14.0. The van der Waals surface area contributed by atoms with Gasteiger partial charge < -0.3 is 29.0 Å². The topological polar surface area (TPSA) is 127 Å². The minimum absolute atomic E-state index is 0.0845. The number of aromatic nitrogens is 3. The zero-order valence-electron chi connectivity index (χ0n) is 22.9. The summed E-state index contributed by atoms with van der Waals surface area (Å²) in [7, 11) is 1.55. The smallest absolute Gasteiger partial charge is 0.410 e. The first kappa shape index (κ1) is 27.1. The summed E-state index contributed by atoms with van der Waals surface area (Å²) in [6, 6.07) is 14.3. The molecule has 0 saturated carbocycles. The summed E-state index contributed by atoms with van der Waals surface area (Å²) in [5.74, 6) is 0.384. The van der Waals surface area contributed by atoms with Crippen molar-refractivity contribution in [3.05, 3.63) is 64.4 Å². The van der Waals surface area contributed by atoms with E-state index in [1.165, 1.54) is 0 Å². The first-order valence-electron chi connectivity index (χ1n) is 13.0. The Morgan fingerprint density at radius 2 is 1.65 bits per heavy atom. The summed E-state index contributed by atoms with van der Waals surface area (Å²) in [4.78, 5) is 44.7. The molecule has 11 nitrogen and oxygen atoms in total. The minimum Gasteiger partial charge on any atom is -0.467 e. The van der Waals surface area contributed by atoms with Gasteiger partial charge in [-0.05, 0) is 56.5 Å². The molecule has 1 aliphatic rings. The van der Waals surface area contributed by atoms with Crippen LogP contribution in [0.4, 0.5) is 4.79 Å². The molecule has 1 aliphatic heterocycles. The molecular formula is C29H31N5O6. The van der Waals surface area contributed by atoms with Gasteiger partial charge in [-0.25, -0.2) is 4.79 Å². The molecule has 0 bridgehead atoms. The predicted octanol–water partition coefficient (Wildman–Crippen LogP) is 3.81. The highest BCUT2D eigenvalue weighted by atomic mass is 16.7. The van der Waals surface area contributed by atoms with E-state index < -0.39 is 5.60 Å². The second-order valence-electron chi connectivity index (χ2n) is 10.5. The Hall–Kier alpha value is -4.51. The molecule has 40 heavy (non-hydrogen) atoms. The highest BCUT2D eigenvalue weighted by Crippen LogP contribution is 2.31. The SMILES string of the molecule is COCOc1ccccc1-c1cc2c(nn1)[nH]c(=O)c1cc(C(=O)N3CCN(C(=O)OC(C)(C)C)CC3)ccc12. The lowest BCUT2D eigenvalue weighted by Crippen LogP contribution is -2.51. The fourth-order valence-electron chi connectivity index (χ4n) is 4.62. The zero-order valence-corrected chi connectivity index (χ0v) is 22.9. The largest absolute Gasteiger partial charge is 0.467 e. The number of carbonyl (C=O) groups excluding carboxylic acids is 2. The van der Waals surface area contributed by atoms with Crippen molar-refractivity contribution < 1.29 is 23.8 Å². The van der Waals surface area contributed by atoms with E-state index >= 15 is 0 Å². The van der Waals surface area contributed by atoms with Gasteiger partial charge in [-0.2, -0.15) is 0 Å². The van der Waals surface area contributed by atoms with Crippen molar-refractivity contribution in [3.8, 4) is 17.0 Å². The maximum Gasteiger partial charge on any atom is 0.410 e. The lowest BCUT2D eigenvalue weighted by molar-refractivity contribution is 0.0141. The quantitative estimate of drug-likeness (QED) is 0.296. The Morgan fingerprint density at radius 3 is 2.38 bits per heavy atom. The summed E-state index contributed by atoms with van der Waals surface area (Å²) in [5.41, 5.74) is 1.08. The number of benzene rings is 2. The molecule has 0 aliphatic carbocycles. The van der Waals surface area contributed by atoms with Gasteiger partial charge in [0, 0.05) is 55.2 Å². The van der Waals surface area contributed by atoms with Crippen molar-refractivity contribution in [2.75, 3.05) is 40.1 Å². The molecule has 0 spiro atoms. The molecule has 208 valence electrons. The van der Waals surface area contributed by atoms with Crippen LogP contribution in [0.25, 0.3) is 33.1 Å². The minimum atomic E-state index is -0.583. The molecule has 2 aromatic carbocycles. The van der Waals surface area contributed by atoms with Gasteiger partial charge in [-0.3, -0.25) is 9.59 Å². The number of amides is 2. The van der Waals surface area contributed by atoms with Crippen LogP contribution in [-0.4, -0.2) is 82.7 Å². The molecule has 1 saturated heterocycles. The summed E-state index contributed by atoms with van der Waals surface area (Å²) >= 11 is 0. The Bertz CT molecular complexity index is 1640. The molecule has 0 unspecified atom stereocenters. The number of rotatable bonds is 5. The molecule has 0 radical (unpaired) electrons. The molecule has 1 fully saturated rings. The number of methoxy groups -OCH3 is 1. The standard InChI is InChI=1S/C29H31N5O6/c1-29(2,3)40-28(37)34-13-11-33(12-14-34)27(36)18-9-10-19-21-16-23(20-7-5-6-8-24(20)39-17-38-4)31-32-25(21)30-26(35)22(19)15-18/h5-10,15-16H,11-14,17H2,1-4H3,(H,30,32,35). The molecule has 2 amide bonds. The second kappa shape index (κ2) is 10.9. The fourth-order valence-corrected chi connectivity index (χ4v) is 4.62. The van der Waals surface area contributed by atoms with Gasteiger partial charge in [0.2, 0.25) is 0 Å². The average Bonchev–Trinajstić information content (AvgIpc) is 2.95. The van der Waals surface area contributed by atoms with Crippen LogP contribution in [0, 0.1) is 0 Å². The molecule has 0 atom stereocenters. The first-order chi connectivity index (χ1) is 19.1. The molecule has 2 aromatic heterocycles. The maximum atomic E-state index is 13.3. The van der Waals surface area contributed by atoms with Crippen LogP contribution in [0.2, 0.25) is 0 Å². The number of nitrogens with one attached hydrogen (secondary N) is 1. The lowest BCUT2D eigenvalue weighted by atomic mass is 10.0. The van der Waals surface area contributed by atoms with Gasteiger partial charge in [0.15, 0.2) is 12.4 Å². The summed E-state index contributed by atoms with van der Waals surface area (Å²) < 4.78 is 16.2. The Balaban J connectivity index is 1.42. The van der Waals surface area contributed by atoms with Crippen molar-refractivity contribution in [2.45, 2.75) is 26.4 Å². The van der Waals surface area contributed by atoms with Gasteiger partial charge >= 0.3 is 6.09 Å². The Morgan fingerprint density at radius 1 is 0.925 bits per heavy atom. The fraction of sp³-hybridized carbons (Fsp3) is 0.345. The van der Waals surface area contributed by atoms with Crippen LogP contribution in [0.3, 0.4) is 0 Å². The number of ether oxygens (including phenoxy) is 3. The summed E-state index contributed by atoms with van der Waals surface area (Å²) in [5, 5.41) is 10.3. The van der Waals surface area contributed by atoms with Gasteiger partial charge in [-0.15, -0.1) is 10.2 Å². The van der Waals surface area contributed by atoms with E-state index in [0.29, 0.717) is 65.0 Å². The zero-order chi connectivity index (χ0) is 28.4. The van der Waals surface area contributed by atoms with E-state index in [1.54, 1.807) is 35.1 Å². The van der Waals surface area contributed by atoms with Crippen LogP contribution >= 0.6 is 0 Å². The van der Waals surface area contributed by atoms with Gasteiger partial charge in [0.1, 0.15) is 11.4 Å². The Labute approximate surface area is 230 Å². The number of nitrogens with zero attached hydrogens (tertiary/aromatic N) is 4. The molecular weight excluding hydrogens is 514 g/mol. The highest BCUT2D eigenvalue weighted by Gasteiger charge is 2.28. The van der Waals surface area contributed by atoms with E-state index in [4.69, 9.17) is 14.2 Å². The summed E-state index contributed by atoms with van der Waals surface area (Å²) in [6.07, 6.45) is -0.390.